The molecule has 0 saturated carbocycles. The van der Waals surface area contributed by atoms with Gasteiger partial charge in [0.2, 0.25) is 5.91 Å². The van der Waals surface area contributed by atoms with Gasteiger partial charge in [-0.1, -0.05) is 24.6 Å². The largest absolute Gasteiger partial charge is 0.491 e. The van der Waals surface area contributed by atoms with E-state index in [-0.39, 0.29) is 5.41 Å². The molecule has 5 nitrogen and oxygen atoms in total. The van der Waals surface area contributed by atoms with E-state index in [1.54, 1.807) is 0 Å². The third kappa shape index (κ3) is 5.25. The van der Waals surface area contributed by atoms with Crippen LogP contribution in [0, 0.1) is 5.41 Å². The van der Waals surface area contributed by atoms with Crippen LogP contribution in [-0.2, 0) is 11.2 Å². The number of carbonyl (C=O) groups excluding carboxylic acids is 1. The van der Waals surface area contributed by atoms with E-state index >= 15 is 0 Å². The Morgan fingerprint density at radius 1 is 1.00 bits per heavy atom. The number of piperidine rings is 2. The quantitative estimate of drug-likeness (QED) is 0.719. The second-order valence-corrected chi connectivity index (χ2v) is 9.90. The Balaban J connectivity index is 1.44. The highest BCUT2D eigenvalue weighted by molar-refractivity contribution is 5.83. The molecule has 4 rings (SSSR count). The first-order chi connectivity index (χ1) is 15.1. The van der Waals surface area contributed by atoms with Crippen molar-refractivity contribution >= 4 is 5.91 Å². The van der Waals surface area contributed by atoms with Gasteiger partial charge in [-0.15, -0.1) is 0 Å². The lowest BCUT2D eigenvalue weighted by molar-refractivity contribution is -0.146. The molecule has 0 aromatic heterocycles. The fourth-order valence-electron chi connectivity index (χ4n) is 5.88. The summed E-state index contributed by atoms with van der Waals surface area (Å²) < 4.78 is 6.12. The summed E-state index contributed by atoms with van der Waals surface area (Å²) in [6.45, 7) is 8.71. The van der Waals surface area contributed by atoms with Gasteiger partial charge < -0.3 is 19.4 Å². The van der Waals surface area contributed by atoms with Crippen LogP contribution in [-0.4, -0.2) is 79.6 Å². The Bertz CT molecular complexity index is 721. The maximum absolute atomic E-state index is 13.8. The van der Waals surface area contributed by atoms with Crippen LogP contribution in [0.25, 0.3) is 0 Å². The maximum Gasteiger partial charge on any atom is 0.228 e. The molecule has 3 heterocycles. The lowest BCUT2D eigenvalue weighted by Gasteiger charge is -2.47. The highest BCUT2D eigenvalue weighted by Crippen LogP contribution is 2.40. The number of carbonyl (C=O) groups is 1. The lowest BCUT2D eigenvalue weighted by atomic mass is 9.72. The average Bonchev–Trinajstić information content (AvgIpc) is 2.80. The summed E-state index contributed by atoms with van der Waals surface area (Å²) in [5.41, 5.74) is 1.14. The minimum atomic E-state index is -0.170. The van der Waals surface area contributed by atoms with Gasteiger partial charge in [0.05, 0.1) is 12.0 Å². The van der Waals surface area contributed by atoms with Crippen molar-refractivity contribution in [2.45, 2.75) is 64.3 Å². The molecule has 0 aliphatic carbocycles. The van der Waals surface area contributed by atoms with Crippen molar-refractivity contribution in [2.75, 3.05) is 52.9 Å². The van der Waals surface area contributed by atoms with Gasteiger partial charge in [-0.2, -0.15) is 0 Å². The van der Waals surface area contributed by atoms with Crippen LogP contribution in [0.1, 0.15) is 57.4 Å². The van der Waals surface area contributed by atoms with Crippen molar-refractivity contribution in [3.63, 3.8) is 0 Å². The molecule has 3 aliphatic rings. The molecular weight excluding hydrogens is 386 g/mol. The van der Waals surface area contributed by atoms with E-state index in [1.807, 2.05) is 6.07 Å². The van der Waals surface area contributed by atoms with E-state index in [0.29, 0.717) is 25.1 Å². The Morgan fingerprint density at radius 2 is 1.74 bits per heavy atom. The summed E-state index contributed by atoms with van der Waals surface area (Å²) in [5, 5.41) is 0. The molecule has 0 unspecified atom stereocenters. The number of para-hydroxylation sites is 1. The number of ether oxygens (including phenoxy) is 1. The third-order valence-corrected chi connectivity index (χ3v) is 8.03. The van der Waals surface area contributed by atoms with Gasteiger partial charge >= 0.3 is 0 Å². The molecule has 3 aliphatic heterocycles. The minimum absolute atomic E-state index is 0.170. The van der Waals surface area contributed by atoms with Crippen LogP contribution in [0.3, 0.4) is 0 Å². The zero-order valence-electron chi connectivity index (χ0n) is 19.7. The number of hydrogen-bond acceptors (Lipinski definition) is 4. The van der Waals surface area contributed by atoms with E-state index in [2.05, 4.69) is 46.9 Å². The first-order valence-electron chi connectivity index (χ1n) is 12.5. The van der Waals surface area contributed by atoms with Crippen LogP contribution < -0.4 is 4.74 Å². The van der Waals surface area contributed by atoms with Crippen LogP contribution in [0.4, 0.5) is 0 Å². The minimum Gasteiger partial charge on any atom is -0.491 e. The number of benzene rings is 1. The summed E-state index contributed by atoms with van der Waals surface area (Å²) in [7, 11) is 2.23. The second kappa shape index (κ2) is 10.4. The monoisotopic (exact) mass is 427 g/mol. The highest BCUT2D eigenvalue weighted by atomic mass is 16.5. The van der Waals surface area contributed by atoms with Gasteiger partial charge in [0.15, 0.2) is 0 Å². The number of likely N-dealkylation sites (N-methyl/N-ethyl adjacent to an activating group) is 1. The predicted molar refractivity (Wildman–Crippen MR) is 126 cm³/mol. The van der Waals surface area contributed by atoms with Gasteiger partial charge in [0.1, 0.15) is 12.4 Å². The van der Waals surface area contributed by atoms with E-state index < -0.39 is 0 Å². The fourth-order valence-corrected chi connectivity index (χ4v) is 5.88. The highest BCUT2D eigenvalue weighted by Gasteiger charge is 2.44. The van der Waals surface area contributed by atoms with Gasteiger partial charge in [-0.3, -0.25) is 4.79 Å². The number of aryl methyl sites for hydroxylation is 1. The van der Waals surface area contributed by atoms with Crippen LogP contribution in [0.2, 0.25) is 0 Å². The standard InChI is InChI=1S/C26H41N3O2/c1-3-28-20-21-31-24-10-5-4-8-22(24)9-6-7-13-26(25(28)30)14-18-29(19-15-26)23-11-16-27(2)17-12-23/h4-5,8,10,23H,3,6-7,9,11-21H2,1-2H3. The zero-order chi connectivity index (χ0) is 21.7. The molecule has 0 atom stereocenters. The molecule has 0 bridgehead atoms. The van der Waals surface area contributed by atoms with Crippen molar-refractivity contribution in [1.82, 2.24) is 14.7 Å². The molecule has 1 aromatic rings. The molecular formula is C26H41N3O2. The van der Waals surface area contributed by atoms with Crippen LogP contribution in [0.15, 0.2) is 24.3 Å². The molecule has 172 valence electrons. The molecule has 2 fully saturated rings. The van der Waals surface area contributed by atoms with Gasteiger partial charge in [0, 0.05) is 12.6 Å². The number of rotatable bonds is 2. The van der Waals surface area contributed by atoms with E-state index in [0.717, 1.165) is 63.9 Å². The average molecular weight is 428 g/mol. The molecule has 5 heteroatoms. The van der Waals surface area contributed by atoms with Crippen molar-refractivity contribution < 1.29 is 9.53 Å². The molecule has 2 saturated heterocycles. The van der Waals surface area contributed by atoms with Crippen molar-refractivity contribution in [2.24, 2.45) is 5.41 Å². The Morgan fingerprint density at radius 3 is 2.48 bits per heavy atom. The van der Waals surface area contributed by atoms with Crippen molar-refractivity contribution in [3.05, 3.63) is 29.8 Å². The van der Waals surface area contributed by atoms with Gasteiger partial charge in [-0.25, -0.2) is 0 Å². The van der Waals surface area contributed by atoms with Crippen molar-refractivity contribution in [3.8, 4) is 5.75 Å². The third-order valence-electron chi connectivity index (χ3n) is 8.03. The molecule has 0 radical (unpaired) electrons. The fraction of sp³-hybridized carbons (Fsp3) is 0.731. The second-order valence-electron chi connectivity index (χ2n) is 9.90. The Kier molecular flexibility index (Phi) is 7.55. The number of likely N-dealkylation sites (tertiary alicyclic amines) is 2. The number of fused-ring (bicyclic) bond motifs is 1. The molecule has 1 aromatic carbocycles. The smallest absolute Gasteiger partial charge is 0.228 e. The summed E-state index contributed by atoms with van der Waals surface area (Å²) in [5.74, 6) is 1.38. The number of amides is 1. The summed E-state index contributed by atoms with van der Waals surface area (Å²) in [4.78, 5) is 21.0. The van der Waals surface area contributed by atoms with E-state index in [4.69, 9.17) is 4.74 Å². The summed E-state index contributed by atoms with van der Waals surface area (Å²) >= 11 is 0. The lowest BCUT2D eigenvalue weighted by Crippen LogP contribution is -2.54. The normalized spacial score (nSPS) is 24.8. The van der Waals surface area contributed by atoms with E-state index in [9.17, 15) is 4.79 Å². The molecule has 1 spiro atoms. The Labute approximate surface area is 188 Å². The van der Waals surface area contributed by atoms with E-state index in [1.165, 1.54) is 31.5 Å². The first-order valence-corrected chi connectivity index (χ1v) is 12.5. The number of hydrogen-bond donors (Lipinski definition) is 0. The summed E-state index contributed by atoms with van der Waals surface area (Å²) in [6.07, 6.45) is 8.90. The summed E-state index contributed by atoms with van der Waals surface area (Å²) in [6, 6.07) is 9.12. The van der Waals surface area contributed by atoms with Gasteiger partial charge in [-0.05, 0) is 96.7 Å². The molecule has 1 amide bonds. The molecule has 31 heavy (non-hydrogen) atoms. The maximum atomic E-state index is 13.8. The Hall–Kier alpha value is -1.59. The SMILES string of the molecule is CCN1CCOc2ccccc2CCCCC2(CCN(C3CCN(C)CC3)CC2)C1=O. The number of nitrogens with zero attached hydrogens (tertiary/aromatic N) is 3. The zero-order valence-corrected chi connectivity index (χ0v) is 19.7. The molecule has 0 N–H and O–H groups in total. The van der Waals surface area contributed by atoms with Crippen molar-refractivity contribution in [1.29, 1.82) is 0 Å². The predicted octanol–water partition coefficient (Wildman–Crippen LogP) is 3.82. The van der Waals surface area contributed by atoms with Crippen LogP contribution in [0.5, 0.6) is 5.75 Å². The topological polar surface area (TPSA) is 36.0 Å². The van der Waals surface area contributed by atoms with Gasteiger partial charge in [0.25, 0.3) is 0 Å². The first kappa shape index (κ1) is 22.6. The van der Waals surface area contributed by atoms with Crippen LogP contribution >= 0.6 is 0 Å².